The minimum Gasteiger partial charge on any atom is -0.366 e. The maximum absolute atomic E-state index is 12.9. The van der Waals surface area contributed by atoms with Crippen LogP contribution in [0.4, 0.5) is 18.9 Å². The summed E-state index contributed by atoms with van der Waals surface area (Å²) >= 11 is 0. The van der Waals surface area contributed by atoms with Crippen molar-refractivity contribution in [1.82, 2.24) is 4.90 Å². The molecule has 1 saturated heterocycles. The van der Waals surface area contributed by atoms with Gasteiger partial charge in [0.2, 0.25) is 0 Å². The topological polar surface area (TPSA) is 71.1 Å². The fourth-order valence-corrected chi connectivity index (χ4v) is 3.21. The van der Waals surface area contributed by atoms with Gasteiger partial charge in [-0.1, -0.05) is 12.1 Å². The lowest BCUT2D eigenvalue weighted by Crippen LogP contribution is -2.49. The standard InChI is InChI=1S/C20H15F3N4O/c21-20(22,23)17-6-2-3-14(11-17)19(28)27-9-7-26(8-10-27)18-15(12-24)4-1-5-16(18)13-25/h1-6,11H,7-10H2. The molecule has 0 unspecified atom stereocenters. The summed E-state index contributed by atoms with van der Waals surface area (Å²) < 4.78 is 38.6. The first kappa shape index (κ1) is 19.2. The zero-order chi connectivity index (χ0) is 20.3. The Labute approximate surface area is 159 Å². The van der Waals surface area contributed by atoms with Gasteiger partial charge in [-0.25, -0.2) is 0 Å². The SMILES string of the molecule is N#Cc1cccc(C#N)c1N1CCN(C(=O)c2cccc(C(F)(F)F)c2)CC1. The van der Waals surface area contributed by atoms with Crippen molar-refractivity contribution in [3.8, 4) is 12.1 Å². The number of nitrogens with zero attached hydrogens (tertiary/aromatic N) is 4. The minimum absolute atomic E-state index is 0.0154. The number of nitriles is 2. The van der Waals surface area contributed by atoms with Gasteiger partial charge in [-0.3, -0.25) is 4.79 Å². The second kappa shape index (κ2) is 7.61. The van der Waals surface area contributed by atoms with Gasteiger partial charge < -0.3 is 9.80 Å². The Bertz CT molecular complexity index is 948. The van der Waals surface area contributed by atoms with Crippen molar-refractivity contribution in [2.45, 2.75) is 6.18 Å². The predicted octanol–water partition coefficient (Wildman–Crippen LogP) is 3.41. The largest absolute Gasteiger partial charge is 0.416 e. The molecule has 0 radical (unpaired) electrons. The normalized spacial score (nSPS) is 14.3. The summed E-state index contributed by atoms with van der Waals surface area (Å²) in [6.45, 7) is 1.30. The highest BCUT2D eigenvalue weighted by Gasteiger charge is 2.32. The first-order valence-corrected chi connectivity index (χ1v) is 8.50. The van der Waals surface area contributed by atoms with Crippen molar-refractivity contribution in [3.63, 3.8) is 0 Å². The van der Waals surface area contributed by atoms with Crippen LogP contribution in [-0.2, 0) is 6.18 Å². The first-order chi connectivity index (χ1) is 13.3. The van der Waals surface area contributed by atoms with E-state index in [0.717, 1.165) is 12.1 Å². The number of hydrogen-bond acceptors (Lipinski definition) is 4. The van der Waals surface area contributed by atoms with E-state index in [1.165, 1.54) is 17.0 Å². The molecule has 0 saturated carbocycles. The Balaban J connectivity index is 1.76. The molecule has 2 aromatic carbocycles. The smallest absolute Gasteiger partial charge is 0.366 e. The number of rotatable bonds is 2. The Morgan fingerprint density at radius 2 is 1.50 bits per heavy atom. The zero-order valence-corrected chi connectivity index (χ0v) is 14.7. The fraction of sp³-hybridized carbons (Fsp3) is 0.250. The number of piperazine rings is 1. The van der Waals surface area contributed by atoms with E-state index < -0.39 is 17.6 Å². The molecule has 3 rings (SSSR count). The molecule has 0 aliphatic carbocycles. The van der Waals surface area contributed by atoms with E-state index in [4.69, 9.17) is 0 Å². The van der Waals surface area contributed by atoms with Crippen LogP contribution < -0.4 is 4.90 Å². The third-order valence-electron chi connectivity index (χ3n) is 4.60. The molecular formula is C20H15F3N4O. The number of amides is 1. The first-order valence-electron chi connectivity index (χ1n) is 8.50. The number of benzene rings is 2. The van der Waals surface area contributed by atoms with Crippen LogP contribution in [0.15, 0.2) is 42.5 Å². The van der Waals surface area contributed by atoms with Crippen molar-refractivity contribution in [1.29, 1.82) is 10.5 Å². The maximum Gasteiger partial charge on any atom is 0.416 e. The number of para-hydroxylation sites is 1. The summed E-state index contributed by atoms with van der Waals surface area (Å²) in [6, 6.07) is 13.4. The van der Waals surface area contributed by atoms with Crippen LogP contribution in [0.3, 0.4) is 0 Å². The molecule has 1 aliphatic rings. The van der Waals surface area contributed by atoms with Gasteiger partial charge in [0.05, 0.1) is 22.4 Å². The van der Waals surface area contributed by atoms with Crippen LogP contribution in [0.1, 0.15) is 27.0 Å². The molecule has 5 nitrogen and oxygen atoms in total. The Hall–Kier alpha value is -3.52. The van der Waals surface area contributed by atoms with Crippen LogP contribution in [0, 0.1) is 22.7 Å². The summed E-state index contributed by atoms with van der Waals surface area (Å²) in [7, 11) is 0. The molecule has 2 aromatic rings. The van der Waals surface area contributed by atoms with Crippen molar-refractivity contribution >= 4 is 11.6 Å². The molecule has 0 spiro atoms. The van der Waals surface area contributed by atoms with Gasteiger partial charge in [0, 0.05) is 31.7 Å². The molecule has 8 heteroatoms. The summed E-state index contributed by atoms with van der Waals surface area (Å²) in [5.41, 5.74) is 0.393. The number of halogens is 3. The van der Waals surface area contributed by atoms with E-state index >= 15 is 0 Å². The molecule has 0 atom stereocenters. The van der Waals surface area contributed by atoms with E-state index in [-0.39, 0.29) is 18.7 Å². The molecule has 142 valence electrons. The van der Waals surface area contributed by atoms with Crippen LogP contribution in [0.2, 0.25) is 0 Å². The van der Waals surface area contributed by atoms with Crippen molar-refractivity contribution in [2.75, 3.05) is 31.1 Å². The number of carbonyl (C=O) groups excluding carboxylic acids is 1. The second-order valence-corrected chi connectivity index (χ2v) is 6.28. The van der Waals surface area contributed by atoms with Crippen LogP contribution in [-0.4, -0.2) is 37.0 Å². The van der Waals surface area contributed by atoms with E-state index in [1.807, 2.05) is 4.90 Å². The zero-order valence-electron chi connectivity index (χ0n) is 14.7. The van der Waals surface area contributed by atoms with Crippen molar-refractivity contribution in [2.24, 2.45) is 0 Å². The molecule has 1 heterocycles. The molecule has 1 fully saturated rings. The molecule has 0 N–H and O–H groups in total. The Morgan fingerprint density at radius 1 is 0.929 bits per heavy atom. The van der Waals surface area contributed by atoms with Gasteiger partial charge in [-0.05, 0) is 30.3 Å². The molecular weight excluding hydrogens is 369 g/mol. The number of alkyl halides is 3. The highest BCUT2D eigenvalue weighted by molar-refractivity contribution is 5.94. The van der Waals surface area contributed by atoms with Gasteiger partial charge in [0.1, 0.15) is 12.1 Å². The van der Waals surface area contributed by atoms with Crippen LogP contribution in [0.5, 0.6) is 0 Å². The Morgan fingerprint density at radius 3 is 2.04 bits per heavy atom. The van der Waals surface area contributed by atoms with E-state index in [1.54, 1.807) is 18.2 Å². The van der Waals surface area contributed by atoms with Crippen LogP contribution >= 0.6 is 0 Å². The van der Waals surface area contributed by atoms with E-state index in [2.05, 4.69) is 12.1 Å². The average molecular weight is 384 g/mol. The number of hydrogen-bond donors (Lipinski definition) is 0. The summed E-state index contributed by atoms with van der Waals surface area (Å²) in [4.78, 5) is 15.9. The van der Waals surface area contributed by atoms with Crippen molar-refractivity contribution in [3.05, 3.63) is 64.7 Å². The summed E-state index contributed by atoms with van der Waals surface area (Å²) in [5.74, 6) is -0.472. The summed E-state index contributed by atoms with van der Waals surface area (Å²) in [6.07, 6.45) is -4.51. The second-order valence-electron chi connectivity index (χ2n) is 6.28. The van der Waals surface area contributed by atoms with Gasteiger partial charge >= 0.3 is 6.18 Å². The lowest BCUT2D eigenvalue weighted by molar-refractivity contribution is -0.137. The molecule has 0 bridgehead atoms. The molecule has 0 aromatic heterocycles. The van der Waals surface area contributed by atoms with Crippen LogP contribution in [0.25, 0.3) is 0 Å². The number of carbonyl (C=O) groups is 1. The average Bonchev–Trinajstić information content (AvgIpc) is 2.72. The van der Waals surface area contributed by atoms with E-state index in [9.17, 15) is 28.5 Å². The predicted molar refractivity (Wildman–Crippen MR) is 95.4 cm³/mol. The fourth-order valence-electron chi connectivity index (χ4n) is 3.21. The maximum atomic E-state index is 12.9. The monoisotopic (exact) mass is 384 g/mol. The third kappa shape index (κ3) is 3.77. The lowest BCUT2D eigenvalue weighted by Gasteiger charge is -2.36. The molecule has 1 aliphatic heterocycles. The lowest BCUT2D eigenvalue weighted by atomic mass is 10.1. The van der Waals surface area contributed by atoms with Gasteiger partial charge in [-0.2, -0.15) is 23.7 Å². The quantitative estimate of drug-likeness (QED) is 0.796. The molecule has 28 heavy (non-hydrogen) atoms. The van der Waals surface area contributed by atoms with Gasteiger partial charge in [0.25, 0.3) is 5.91 Å². The van der Waals surface area contributed by atoms with Gasteiger partial charge in [0.15, 0.2) is 0 Å². The van der Waals surface area contributed by atoms with Crippen molar-refractivity contribution < 1.29 is 18.0 Å². The highest BCUT2D eigenvalue weighted by Crippen LogP contribution is 2.30. The summed E-state index contributed by atoms with van der Waals surface area (Å²) in [5, 5.41) is 18.6. The van der Waals surface area contributed by atoms with Gasteiger partial charge in [-0.15, -0.1) is 0 Å². The molecule has 1 amide bonds. The minimum atomic E-state index is -4.51. The highest BCUT2D eigenvalue weighted by atomic mass is 19.4. The Kier molecular flexibility index (Phi) is 5.23. The van der Waals surface area contributed by atoms with E-state index in [0.29, 0.717) is 29.9 Å². The third-order valence-corrected chi connectivity index (χ3v) is 4.60. The number of anilines is 1.